The van der Waals surface area contributed by atoms with Gasteiger partial charge in [-0.3, -0.25) is 14.6 Å². The number of aryl methyl sites for hydroxylation is 1. The van der Waals surface area contributed by atoms with Crippen LogP contribution in [0.1, 0.15) is 50.3 Å². The zero-order valence-corrected chi connectivity index (χ0v) is 37.9. The fraction of sp³-hybridized carbons (Fsp3) is 0.312. The lowest BCUT2D eigenvalue weighted by Gasteiger charge is -2.39. The Hall–Kier alpha value is -5.98. The summed E-state index contributed by atoms with van der Waals surface area (Å²) in [5, 5.41) is 5.84. The Balaban J connectivity index is 1.15. The van der Waals surface area contributed by atoms with Gasteiger partial charge >= 0.3 is 18.2 Å². The average Bonchev–Trinajstić information content (AvgIpc) is 3.30. The third kappa shape index (κ3) is 11.6. The molecule has 6 aromatic rings. The van der Waals surface area contributed by atoms with Crippen molar-refractivity contribution < 1.29 is 27.4 Å². The molecular formula is C48H50BrF3N10O3. The van der Waals surface area contributed by atoms with Crippen molar-refractivity contribution in [1.29, 1.82) is 0 Å². The minimum absolute atomic E-state index is 0.00904. The van der Waals surface area contributed by atoms with Crippen molar-refractivity contribution in [3.05, 3.63) is 154 Å². The molecule has 1 amide bonds. The number of carbonyl (C=O) groups excluding carboxylic acids is 1. The number of anilines is 2. The third-order valence-corrected chi connectivity index (χ3v) is 12.4. The van der Waals surface area contributed by atoms with Crippen LogP contribution in [0.15, 0.2) is 120 Å². The van der Waals surface area contributed by atoms with E-state index in [9.17, 15) is 4.79 Å². The highest BCUT2D eigenvalue weighted by atomic mass is 79.9. The van der Waals surface area contributed by atoms with Crippen LogP contribution in [0.4, 0.5) is 24.5 Å². The maximum Gasteiger partial charge on any atom is 0.412 e. The average molecular weight is 952 g/mol. The Morgan fingerprint density at radius 2 is 1.31 bits per heavy atom. The van der Waals surface area contributed by atoms with Gasteiger partial charge < -0.3 is 29.9 Å². The smallest absolute Gasteiger partial charge is 0.412 e. The summed E-state index contributed by atoms with van der Waals surface area (Å²) in [5.41, 5.74) is 4.13. The maximum atomic E-state index is 15.3. The van der Waals surface area contributed by atoms with Crippen molar-refractivity contribution >= 4 is 33.2 Å². The lowest BCUT2D eigenvalue weighted by atomic mass is 9.92. The Morgan fingerprint density at radius 1 is 0.708 bits per heavy atom. The number of nitrogens with zero attached hydrogens (tertiary/aromatic N) is 8. The molecule has 4 heterocycles. The van der Waals surface area contributed by atoms with Crippen LogP contribution in [0.2, 0.25) is 0 Å². The number of aromatic nitrogens is 4. The van der Waals surface area contributed by atoms with Gasteiger partial charge in [0, 0.05) is 113 Å². The van der Waals surface area contributed by atoms with Gasteiger partial charge in [0.05, 0.1) is 10.5 Å². The van der Waals surface area contributed by atoms with Crippen LogP contribution in [0.3, 0.4) is 0 Å². The fourth-order valence-electron chi connectivity index (χ4n) is 8.01. The van der Waals surface area contributed by atoms with Crippen LogP contribution in [-0.4, -0.2) is 118 Å². The normalized spacial score (nSPS) is 16.4. The SMILES string of the molecule is Cc1ccc(NC(c2cccc(C(c3cc(NC(=O)c4cccc(CN5CCN(C)CC5)c4)cc(Oc4ncccn4)c3Br)N3CCN(C)CC3)c2)C(F)(F)F)cc1Oc1ncccn1. The number of alkyl halides is 3. The number of benzene rings is 4. The number of rotatable bonds is 14. The molecular weight excluding hydrogens is 901 g/mol. The van der Waals surface area contributed by atoms with Crippen LogP contribution in [0.25, 0.3) is 0 Å². The van der Waals surface area contributed by atoms with E-state index >= 15 is 13.2 Å². The van der Waals surface area contributed by atoms with E-state index in [1.807, 2.05) is 37.4 Å². The van der Waals surface area contributed by atoms with E-state index in [2.05, 4.69) is 73.1 Å². The van der Waals surface area contributed by atoms with Gasteiger partial charge in [0.2, 0.25) is 0 Å². The molecule has 65 heavy (non-hydrogen) atoms. The zero-order valence-electron chi connectivity index (χ0n) is 36.3. The van der Waals surface area contributed by atoms with Gasteiger partial charge in [-0.05, 0) is 101 Å². The summed E-state index contributed by atoms with van der Waals surface area (Å²) in [6.45, 7) is 9.08. The number of halogens is 4. The number of nitrogens with one attached hydrogen (secondary N) is 2. The predicted octanol–water partition coefficient (Wildman–Crippen LogP) is 8.97. The molecule has 0 spiro atoms. The molecule has 2 unspecified atom stereocenters. The molecule has 2 saturated heterocycles. The molecule has 0 saturated carbocycles. The topological polar surface area (TPSA) is 124 Å². The molecule has 2 atom stereocenters. The summed E-state index contributed by atoms with van der Waals surface area (Å²) in [5.74, 6) is 0.315. The number of amides is 1. The van der Waals surface area contributed by atoms with Crippen molar-refractivity contribution in [2.24, 2.45) is 0 Å². The van der Waals surface area contributed by atoms with Crippen molar-refractivity contribution in [2.45, 2.75) is 31.7 Å². The summed E-state index contributed by atoms with van der Waals surface area (Å²) >= 11 is 3.83. The van der Waals surface area contributed by atoms with Crippen LogP contribution in [0.5, 0.6) is 23.5 Å². The van der Waals surface area contributed by atoms with Gasteiger partial charge in [-0.1, -0.05) is 42.5 Å². The number of hydrogen-bond donors (Lipinski definition) is 2. The van der Waals surface area contributed by atoms with Crippen LogP contribution >= 0.6 is 15.9 Å². The fourth-order valence-corrected chi connectivity index (χ4v) is 8.54. The van der Waals surface area contributed by atoms with Crippen LogP contribution in [0, 0.1) is 6.92 Å². The van der Waals surface area contributed by atoms with Gasteiger partial charge in [-0.15, -0.1) is 0 Å². The van der Waals surface area contributed by atoms with E-state index in [1.165, 1.54) is 24.5 Å². The zero-order chi connectivity index (χ0) is 45.5. The summed E-state index contributed by atoms with van der Waals surface area (Å²) in [6.07, 6.45) is 1.47. The second-order valence-electron chi connectivity index (χ2n) is 16.4. The highest BCUT2D eigenvalue weighted by Crippen LogP contribution is 2.44. The molecule has 13 nitrogen and oxygen atoms in total. The summed E-state index contributed by atoms with van der Waals surface area (Å²) in [4.78, 5) is 40.0. The molecule has 0 bridgehead atoms. The molecule has 0 radical (unpaired) electrons. The van der Waals surface area contributed by atoms with Gasteiger partial charge in [0.25, 0.3) is 5.91 Å². The minimum Gasteiger partial charge on any atom is -0.424 e. The third-order valence-electron chi connectivity index (χ3n) is 11.6. The van der Waals surface area contributed by atoms with Gasteiger partial charge in [0.15, 0.2) is 0 Å². The molecule has 338 valence electrons. The molecule has 0 aliphatic carbocycles. The quantitative estimate of drug-likeness (QED) is 0.108. The highest BCUT2D eigenvalue weighted by Gasteiger charge is 2.42. The molecule has 2 aromatic heterocycles. The largest absolute Gasteiger partial charge is 0.424 e. The molecule has 2 aliphatic rings. The number of hydrogen-bond acceptors (Lipinski definition) is 12. The van der Waals surface area contributed by atoms with E-state index in [-0.39, 0.29) is 29.2 Å². The van der Waals surface area contributed by atoms with Gasteiger partial charge in [-0.25, -0.2) is 19.9 Å². The second-order valence-corrected chi connectivity index (χ2v) is 17.2. The molecule has 17 heteroatoms. The minimum atomic E-state index is -4.69. The van der Waals surface area contributed by atoms with Gasteiger partial charge in [-0.2, -0.15) is 13.2 Å². The predicted molar refractivity (Wildman–Crippen MR) is 246 cm³/mol. The first kappa shape index (κ1) is 45.6. The number of piperazine rings is 2. The first-order valence-corrected chi connectivity index (χ1v) is 22.2. The molecule has 8 rings (SSSR count). The Labute approximate surface area is 384 Å². The van der Waals surface area contributed by atoms with Crippen molar-refractivity contribution in [1.82, 2.24) is 39.5 Å². The number of likely N-dealkylation sites (N-methyl/N-ethyl adjacent to an activating group) is 2. The molecule has 4 aromatic carbocycles. The Morgan fingerprint density at radius 3 is 1.97 bits per heavy atom. The monoisotopic (exact) mass is 950 g/mol. The van der Waals surface area contributed by atoms with E-state index in [0.29, 0.717) is 57.0 Å². The maximum absolute atomic E-state index is 15.3. The van der Waals surface area contributed by atoms with Crippen LogP contribution < -0.4 is 20.1 Å². The summed E-state index contributed by atoms with van der Waals surface area (Å²) in [6, 6.07) is 23.3. The van der Waals surface area contributed by atoms with Crippen LogP contribution in [-0.2, 0) is 6.54 Å². The Kier molecular flexibility index (Phi) is 14.3. The number of ether oxygens (including phenoxy) is 2. The lowest BCUT2D eigenvalue weighted by molar-refractivity contribution is -0.144. The molecule has 2 N–H and O–H groups in total. The van der Waals surface area contributed by atoms with E-state index in [1.54, 1.807) is 67.8 Å². The van der Waals surface area contributed by atoms with E-state index in [4.69, 9.17) is 9.47 Å². The molecule has 2 fully saturated rings. The first-order chi connectivity index (χ1) is 31.4. The second kappa shape index (κ2) is 20.5. The summed E-state index contributed by atoms with van der Waals surface area (Å²) in [7, 11) is 4.16. The number of carbonyl (C=O) groups is 1. The van der Waals surface area contributed by atoms with E-state index < -0.39 is 18.3 Å². The lowest BCUT2D eigenvalue weighted by Crippen LogP contribution is -2.46. The first-order valence-electron chi connectivity index (χ1n) is 21.4. The van der Waals surface area contributed by atoms with Crippen molar-refractivity contribution in [3.63, 3.8) is 0 Å². The highest BCUT2D eigenvalue weighted by molar-refractivity contribution is 9.10. The standard InChI is InChI=1S/C48H50BrF3N10O3/c1-32-12-13-37(29-40(32)64-46-53-14-6-15-54-46)57-44(48(50,51)52)35-10-5-9-34(27-35)43(62-24-20-60(3)21-25-62)39-28-38(30-41(42(39)49)65-47-55-16-7-17-56-47)58-45(63)36-11-4-8-33(26-36)31-61-22-18-59(2)19-23-61/h4-17,26-30,43-44,57H,18-25,31H2,1-3H3,(H,58,63). The van der Waals surface area contributed by atoms with Crippen molar-refractivity contribution in [2.75, 3.05) is 77.1 Å². The van der Waals surface area contributed by atoms with Gasteiger partial charge in [0.1, 0.15) is 17.5 Å². The summed E-state index contributed by atoms with van der Waals surface area (Å²) < 4.78 is 58.4. The van der Waals surface area contributed by atoms with Crippen molar-refractivity contribution in [3.8, 4) is 23.5 Å². The van der Waals surface area contributed by atoms with E-state index in [0.717, 1.165) is 51.4 Å². The Bertz CT molecular complexity index is 2560. The molecule has 2 aliphatic heterocycles.